The Balaban J connectivity index is 1.07. The molecule has 4 aliphatic rings. The summed E-state index contributed by atoms with van der Waals surface area (Å²) in [6.45, 7) is 0.209. The van der Waals surface area contributed by atoms with Gasteiger partial charge in [-0.15, -0.1) is 0 Å². The summed E-state index contributed by atoms with van der Waals surface area (Å²) >= 11 is 0.976. The first-order valence-electron chi connectivity index (χ1n) is 14.9. The van der Waals surface area contributed by atoms with Crippen LogP contribution in [0.4, 0.5) is 0 Å². The minimum atomic E-state index is -1.38. The van der Waals surface area contributed by atoms with E-state index >= 15 is 0 Å². The average molecular weight is 639 g/mol. The van der Waals surface area contributed by atoms with Crippen LogP contribution in [-0.2, 0) is 33.2 Å². The van der Waals surface area contributed by atoms with Crippen molar-refractivity contribution in [2.45, 2.75) is 72.3 Å². The van der Waals surface area contributed by atoms with Crippen LogP contribution >= 0.6 is 11.8 Å². The number of carbonyl (C=O) groups is 1. The largest absolute Gasteiger partial charge is 0.453 e. The molecule has 0 radical (unpaired) electrons. The summed E-state index contributed by atoms with van der Waals surface area (Å²) in [4.78, 5) is 13.2. The van der Waals surface area contributed by atoms with Crippen molar-refractivity contribution in [3.63, 3.8) is 0 Å². The molecule has 4 heterocycles. The highest BCUT2D eigenvalue weighted by Crippen LogP contribution is 2.43. The van der Waals surface area contributed by atoms with Crippen LogP contribution in [0.3, 0.4) is 0 Å². The van der Waals surface area contributed by atoms with Crippen molar-refractivity contribution in [1.82, 2.24) is 0 Å². The van der Waals surface area contributed by atoms with Crippen LogP contribution in [0.2, 0.25) is 0 Å². The Hall–Kier alpha value is -2.88. The van der Waals surface area contributed by atoms with E-state index in [1.807, 2.05) is 60.7 Å². The van der Waals surface area contributed by atoms with Crippen LogP contribution < -0.4 is 0 Å². The first kappa shape index (κ1) is 30.8. The molecule has 12 atom stereocenters. The van der Waals surface area contributed by atoms with E-state index in [0.29, 0.717) is 5.56 Å². The lowest BCUT2D eigenvalue weighted by Crippen LogP contribution is -2.64. The van der Waals surface area contributed by atoms with Crippen LogP contribution in [-0.4, -0.2) is 94.2 Å². The number of fused-ring (bicyclic) bond motifs is 2. The molecular formula is C33H34O11S. The highest BCUT2D eigenvalue weighted by molar-refractivity contribution is 8.00. The summed E-state index contributed by atoms with van der Waals surface area (Å²) < 4.78 is 42.4. The third-order valence-electron chi connectivity index (χ3n) is 8.30. The normalized spacial score (nSPS) is 38.0. The van der Waals surface area contributed by atoms with Gasteiger partial charge in [-0.2, -0.15) is 0 Å². The van der Waals surface area contributed by atoms with Crippen molar-refractivity contribution < 1.29 is 53.3 Å². The molecule has 4 aliphatic heterocycles. The number of carbonyl (C=O) groups excluding carboxylic acids is 1. The van der Waals surface area contributed by atoms with Gasteiger partial charge in [0.2, 0.25) is 0 Å². The molecule has 3 aromatic carbocycles. The summed E-state index contributed by atoms with van der Waals surface area (Å²) in [5.41, 5.74) is -0.194. The third-order valence-corrected chi connectivity index (χ3v) is 9.62. The summed E-state index contributed by atoms with van der Waals surface area (Å²) in [7, 11) is 0. The molecule has 45 heavy (non-hydrogen) atoms. The lowest BCUT2D eigenvalue weighted by Gasteiger charge is -2.50. The standard InChI is InChI=1S/C33H34O11S/c34-23-24(35)32(40-21-16-38-30(43-26(21)23)19-12-6-2-7-13-19)45-33-25(36)28(42-29(37)18-10-4-1-5-11-18)27-22(41-33)17-39-31(44-27)20-14-8-3-9-15-20/h1-15,21-28,30-36H,16-17H2/t21-,22-,23-,24-,25-,26+,27+,28-,30+,31+,32+,33+/m1/s1. The molecule has 7 rings (SSSR count). The summed E-state index contributed by atoms with van der Waals surface area (Å²) in [6.07, 6.45) is -9.78. The molecule has 0 aromatic heterocycles. The van der Waals surface area contributed by atoms with Gasteiger partial charge >= 0.3 is 5.97 Å². The van der Waals surface area contributed by atoms with Crippen molar-refractivity contribution in [2.75, 3.05) is 13.2 Å². The molecule has 0 spiro atoms. The summed E-state index contributed by atoms with van der Waals surface area (Å²) in [5.74, 6) is -0.632. The fourth-order valence-electron chi connectivity index (χ4n) is 5.96. The van der Waals surface area contributed by atoms with Crippen molar-refractivity contribution >= 4 is 17.7 Å². The maximum atomic E-state index is 13.2. The minimum Gasteiger partial charge on any atom is -0.453 e. The zero-order chi connectivity index (χ0) is 30.9. The van der Waals surface area contributed by atoms with Gasteiger partial charge in [-0.25, -0.2) is 4.79 Å². The van der Waals surface area contributed by atoms with Gasteiger partial charge in [0.05, 0.1) is 18.8 Å². The molecule has 4 fully saturated rings. The number of hydrogen-bond donors (Lipinski definition) is 3. The predicted molar refractivity (Wildman–Crippen MR) is 159 cm³/mol. The second-order valence-corrected chi connectivity index (χ2v) is 12.5. The number of esters is 1. The molecule has 0 aliphatic carbocycles. The van der Waals surface area contributed by atoms with E-state index in [2.05, 4.69) is 0 Å². The lowest BCUT2D eigenvalue weighted by molar-refractivity contribution is -0.322. The van der Waals surface area contributed by atoms with Gasteiger partial charge in [0.15, 0.2) is 18.7 Å². The quantitative estimate of drug-likeness (QED) is 0.342. The second kappa shape index (κ2) is 13.5. The zero-order valence-corrected chi connectivity index (χ0v) is 24.8. The first-order chi connectivity index (χ1) is 22.0. The Morgan fingerprint density at radius 3 is 1.69 bits per heavy atom. The van der Waals surface area contributed by atoms with E-state index in [4.69, 9.17) is 33.2 Å². The maximum Gasteiger partial charge on any atom is 0.338 e. The van der Waals surface area contributed by atoms with Crippen LogP contribution in [0.25, 0.3) is 0 Å². The van der Waals surface area contributed by atoms with Crippen LogP contribution in [0.5, 0.6) is 0 Å². The second-order valence-electron chi connectivity index (χ2n) is 11.3. The van der Waals surface area contributed by atoms with E-state index in [1.165, 1.54) is 0 Å². The van der Waals surface area contributed by atoms with Gasteiger partial charge in [0.25, 0.3) is 0 Å². The minimum absolute atomic E-state index is 0.0946. The molecule has 0 bridgehead atoms. The monoisotopic (exact) mass is 638 g/mol. The fourth-order valence-corrected chi connectivity index (χ4v) is 7.27. The Kier molecular flexibility index (Phi) is 9.20. The van der Waals surface area contributed by atoms with Crippen LogP contribution in [0.15, 0.2) is 91.0 Å². The summed E-state index contributed by atoms with van der Waals surface area (Å²) in [6, 6.07) is 27.1. The van der Waals surface area contributed by atoms with Crippen molar-refractivity contribution in [2.24, 2.45) is 0 Å². The Labute approximate surface area is 263 Å². The molecule has 4 saturated heterocycles. The maximum absolute atomic E-state index is 13.2. The third kappa shape index (κ3) is 6.41. The summed E-state index contributed by atoms with van der Waals surface area (Å²) in [5, 5.41) is 33.8. The van der Waals surface area contributed by atoms with E-state index in [1.54, 1.807) is 30.3 Å². The molecule has 0 saturated carbocycles. The molecule has 3 N–H and O–H groups in total. The fraction of sp³-hybridized carbons (Fsp3) is 0.424. The SMILES string of the molecule is O=C(O[C@@H]1[C@@H](O)[C@H](S[C@@H]2O[C@@H]3CO[C@H](c4ccccc4)O[C@@H]3[C@H](O)[C@H]2O)O[C@@H]2CO[C@H](c3ccccc3)O[C@H]12)c1ccccc1. The highest BCUT2D eigenvalue weighted by atomic mass is 32.2. The van der Waals surface area contributed by atoms with E-state index < -0.39 is 78.3 Å². The number of hydrogen-bond acceptors (Lipinski definition) is 12. The van der Waals surface area contributed by atoms with Crippen LogP contribution in [0, 0.1) is 0 Å². The predicted octanol–water partition coefficient (Wildman–Crippen LogP) is 2.71. The van der Waals surface area contributed by atoms with Crippen molar-refractivity contribution in [1.29, 1.82) is 0 Å². The van der Waals surface area contributed by atoms with Gasteiger partial charge in [-0.05, 0) is 12.1 Å². The average Bonchev–Trinajstić information content (AvgIpc) is 3.09. The lowest BCUT2D eigenvalue weighted by atomic mass is 9.98. The number of rotatable bonds is 6. The van der Waals surface area contributed by atoms with Gasteiger partial charge in [-0.1, -0.05) is 90.6 Å². The topological polar surface area (TPSA) is 142 Å². The molecule has 12 heteroatoms. The smallest absolute Gasteiger partial charge is 0.338 e. The molecule has 0 unspecified atom stereocenters. The van der Waals surface area contributed by atoms with Gasteiger partial charge in [0.1, 0.15) is 53.6 Å². The number of ether oxygens (including phenoxy) is 7. The van der Waals surface area contributed by atoms with E-state index in [9.17, 15) is 20.1 Å². The molecular weight excluding hydrogens is 604 g/mol. The molecule has 3 aromatic rings. The number of aliphatic hydroxyl groups is 3. The highest BCUT2D eigenvalue weighted by Gasteiger charge is 2.55. The molecule has 11 nitrogen and oxygen atoms in total. The van der Waals surface area contributed by atoms with Crippen molar-refractivity contribution in [3.8, 4) is 0 Å². The number of thioether (sulfide) groups is 1. The zero-order valence-electron chi connectivity index (χ0n) is 24.0. The first-order valence-corrected chi connectivity index (χ1v) is 15.8. The molecule has 238 valence electrons. The van der Waals surface area contributed by atoms with E-state index in [-0.39, 0.29) is 13.2 Å². The van der Waals surface area contributed by atoms with Gasteiger partial charge in [0, 0.05) is 11.1 Å². The Morgan fingerprint density at radius 1 is 0.622 bits per heavy atom. The number of benzene rings is 3. The van der Waals surface area contributed by atoms with Crippen molar-refractivity contribution in [3.05, 3.63) is 108 Å². The molecule has 0 amide bonds. The van der Waals surface area contributed by atoms with E-state index in [0.717, 1.165) is 22.9 Å². The Bertz CT molecular complexity index is 1410. The van der Waals surface area contributed by atoms with Gasteiger partial charge < -0.3 is 48.5 Å². The number of aliphatic hydroxyl groups excluding tert-OH is 3. The van der Waals surface area contributed by atoms with Crippen LogP contribution in [0.1, 0.15) is 34.1 Å². The van der Waals surface area contributed by atoms with Gasteiger partial charge in [-0.3, -0.25) is 0 Å². The Morgan fingerprint density at radius 2 is 1.11 bits per heavy atom.